The Morgan fingerprint density at radius 3 is 2.35 bits per heavy atom. The summed E-state index contributed by atoms with van der Waals surface area (Å²) in [5.41, 5.74) is 0. The summed E-state index contributed by atoms with van der Waals surface area (Å²) in [5.74, 6) is 0.904. The van der Waals surface area contributed by atoms with Crippen molar-refractivity contribution in [3.63, 3.8) is 0 Å². The normalized spacial score (nSPS) is 32.8. The van der Waals surface area contributed by atoms with Crippen molar-refractivity contribution in [2.24, 2.45) is 5.92 Å². The Hall–Kier alpha value is -0.160. The maximum absolute atomic E-state index is 6.39. The molecule has 2 aliphatic heterocycles. The van der Waals surface area contributed by atoms with Gasteiger partial charge in [-0.05, 0) is 77.4 Å². The molecule has 0 aromatic heterocycles. The van der Waals surface area contributed by atoms with Crippen LogP contribution >= 0.6 is 0 Å². The topological polar surface area (TPSA) is 27.7 Å². The fraction of sp³-hybridized carbons (Fsp3) is 1.00. The predicted molar refractivity (Wildman–Crippen MR) is 110 cm³/mol. The van der Waals surface area contributed by atoms with Crippen molar-refractivity contribution in [1.29, 1.82) is 0 Å². The first-order valence-electron chi connectivity index (χ1n) is 11.6. The van der Waals surface area contributed by atoms with E-state index in [1.54, 1.807) is 0 Å². The van der Waals surface area contributed by atoms with E-state index in [1.807, 2.05) is 0 Å². The lowest BCUT2D eigenvalue weighted by Gasteiger charge is -2.42. The van der Waals surface area contributed by atoms with Crippen molar-refractivity contribution in [1.82, 2.24) is 15.1 Å². The van der Waals surface area contributed by atoms with Crippen molar-refractivity contribution in [3.05, 3.63) is 0 Å². The van der Waals surface area contributed by atoms with Gasteiger partial charge in [0.1, 0.15) is 0 Å². The van der Waals surface area contributed by atoms with Crippen LogP contribution in [0.15, 0.2) is 0 Å². The van der Waals surface area contributed by atoms with E-state index < -0.39 is 0 Å². The fourth-order valence-electron chi connectivity index (χ4n) is 5.15. The Morgan fingerprint density at radius 1 is 0.923 bits per heavy atom. The maximum Gasteiger partial charge on any atom is 0.0603 e. The van der Waals surface area contributed by atoms with E-state index in [0.29, 0.717) is 12.2 Å². The highest BCUT2D eigenvalue weighted by Gasteiger charge is 2.28. The molecule has 0 spiro atoms. The average molecular weight is 366 g/mol. The molecule has 152 valence electrons. The summed E-state index contributed by atoms with van der Waals surface area (Å²) in [6, 6.07) is 0.736. The summed E-state index contributed by atoms with van der Waals surface area (Å²) in [6.45, 7) is 13.5. The monoisotopic (exact) mass is 365 g/mol. The van der Waals surface area contributed by atoms with Gasteiger partial charge in [-0.3, -0.25) is 4.90 Å². The molecule has 1 saturated carbocycles. The molecule has 3 fully saturated rings. The third-order valence-electron chi connectivity index (χ3n) is 6.88. The molecule has 0 bridgehead atoms. The van der Waals surface area contributed by atoms with Crippen LogP contribution in [0.25, 0.3) is 0 Å². The van der Waals surface area contributed by atoms with Gasteiger partial charge in [0.2, 0.25) is 0 Å². The molecule has 26 heavy (non-hydrogen) atoms. The summed E-state index contributed by atoms with van der Waals surface area (Å²) in [4.78, 5) is 5.47. The maximum atomic E-state index is 6.39. The van der Waals surface area contributed by atoms with E-state index in [2.05, 4.69) is 29.0 Å². The minimum atomic E-state index is 0.527. The van der Waals surface area contributed by atoms with Gasteiger partial charge >= 0.3 is 0 Å². The third kappa shape index (κ3) is 6.47. The van der Waals surface area contributed by atoms with E-state index in [0.717, 1.165) is 25.0 Å². The largest absolute Gasteiger partial charge is 0.375 e. The second-order valence-electron chi connectivity index (χ2n) is 9.08. The minimum absolute atomic E-state index is 0.527. The molecule has 4 nitrogen and oxygen atoms in total. The van der Waals surface area contributed by atoms with Crippen molar-refractivity contribution < 1.29 is 4.74 Å². The summed E-state index contributed by atoms with van der Waals surface area (Å²) >= 11 is 0. The number of unbranched alkanes of at least 4 members (excludes halogenated alkanes) is 2. The fourth-order valence-corrected chi connectivity index (χ4v) is 5.15. The summed E-state index contributed by atoms with van der Waals surface area (Å²) in [5, 5.41) is 3.44. The van der Waals surface area contributed by atoms with E-state index in [4.69, 9.17) is 4.74 Å². The summed E-state index contributed by atoms with van der Waals surface area (Å²) in [7, 11) is 0. The quantitative estimate of drug-likeness (QED) is 0.666. The zero-order valence-electron chi connectivity index (χ0n) is 17.4. The second kappa shape index (κ2) is 11.0. The van der Waals surface area contributed by atoms with E-state index in [1.165, 1.54) is 90.5 Å². The highest BCUT2D eigenvalue weighted by molar-refractivity contribution is 4.83. The summed E-state index contributed by atoms with van der Waals surface area (Å²) < 4.78 is 6.39. The first kappa shape index (κ1) is 20.6. The Bertz CT molecular complexity index is 378. The van der Waals surface area contributed by atoms with Gasteiger partial charge in [0.15, 0.2) is 0 Å². The molecule has 1 atom stereocenters. The molecule has 1 aliphatic carbocycles. The SMILES string of the molecule is CCCCCN1CCN(CC2CCC(OC3CCNCC3)CC2)CC1C. The van der Waals surface area contributed by atoms with Crippen LogP contribution in [0.4, 0.5) is 0 Å². The molecule has 2 saturated heterocycles. The lowest BCUT2D eigenvalue weighted by atomic mass is 9.86. The summed E-state index contributed by atoms with van der Waals surface area (Å²) in [6.07, 6.45) is 12.9. The van der Waals surface area contributed by atoms with Gasteiger partial charge in [-0.25, -0.2) is 0 Å². The lowest BCUT2D eigenvalue weighted by molar-refractivity contribution is -0.0508. The number of hydrogen-bond donors (Lipinski definition) is 1. The van der Waals surface area contributed by atoms with Crippen molar-refractivity contribution in [3.8, 4) is 0 Å². The molecule has 2 heterocycles. The molecule has 0 amide bonds. The molecule has 0 radical (unpaired) electrons. The van der Waals surface area contributed by atoms with Crippen LogP contribution in [-0.2, 0) is 4.74 Å². The molecule has 0 aromatic rings. The molecule has 1 unspecified atom stereocenters. The smallest absolute Gasteiger partial charge is 0.0603 e. The Balaban J connectivity index is 1.31. The van der Waals surface area contributed by atoms with Gasteiger partial charge in [-0.1, -0.05) is 19.8 Å². The highest BCUT2D eigenvalue weighted by Crippen LogP contribution is 2.29. The van der Waals surface area contributed by atoms with Gasteiger partial charge in [0.25, 0.3) is 0 Å². The Morgan fingerprint density at radius 2 is 1.65 bits per heavy atom. The van der Waals surface area contributed by atoms with E-state index in [-0.39, 0.29) is 0 Å². The molecular formula is C22H43N3O. The first-order valence-corrected chi connectivity index (χ1v) is 11.6. The molecule has 0 aromatic carbocycles. The van der Waals surface area contributed by atoms with E-state index >= 15 is 0 Å². The van der Waals surface area contributed by atoms with Crippen molar-refractivity contribution in [2.45, 2.75) is 89.9 Å². The second-order valence-corrected chi connectivity index (χ2v) is 9.08. The first-order chi connectivity index (χ1) is 12.7. The number of hydrogen-bond acceptors (Lipinski definition) is 4. The van der Waals surface area contributed by atoms with Crippen LogP contribution in [0.3, 0.4) is 0 Å². The van der Waals surface area contributed by atoms with Gasteiger partial charge in [0, 0.05) is 32.2 Å². The lowest BCUT2D eigenvalue weighted by Crippen LogP contribution is -2.53. The number of piperidine rings is 1. The number of ether oxygens (including phenoxy) is 1. The van der Waals surface area contributed by atoms with Crippen molar-refractivity contribution in [2.75, 3.05) is 45.8 Å². The highest BCUT2D eigenvalue weighted by atomic mass is 16.5. The number of nitrogens with one attached hydrogen (secondary N) is 1. The molecule has 3 rings (SSSR count). The zero-order valence-corrected chi connectivity index (χ0v) is 17.4. The molecule has 4 heteroatoms. The number of nitrogens with zero attached hydrogens (tertiary/aromatic N) is 2. The third-order valence-corrected chi connectivity index (χ3v) is 6.88. The number of piperazine rings is 1. The van der Waals surface area contributed by atoms with Crippen LogP contribution in [0.5, 0.6) is 0 Å². The van der Waals surface area contributed by atoms with Crippen LogP contribution in [0.2, 0.25) is 0 Å². The molecule has 3 aliphatic rings. The van der Waals surface area contributed by atoms with E-state index in [9.17, 15) is 0 Å². The Kier molecular flexibility index (Phi) is 8.70. The van der Waals surface area contributed by atoms with Gasteiger partial charge in [0.05, 0.1) is 12.2 Å². The Labute approximate surface area is 162 Å². The van der Waals surface area contributed by atoms with Gasteiger partial charge < -0.3 is 15.0 Å². The predicted octanol–water partition coefficient (Wildman–Crippen LogP) is 3.51. The standard InChI is InChI=1S/C22H43N3O/c1-3-4-5-14-25-16-15-24(17-19(25)2)18-20-6-8-21(9-7-20)26-22-10-12-23-13-11-22/h19-23H,3-18H2,1-2H3. The van der Waals surface area contributed by atoms with Gasteiger partial charge in [-0.2, -0.15) is 0 Å². The van der Waals surface area contributed by atoms with Crippen LogP contribution in [-0.4, -0.2) is 73.9 Å². The van der Waals surface area contributed by atoms with Crippen LogP contribution < -0.4 is 5.32 Å². The van der Waals surface area contributed by atoms with Crippen molar-refractivity contribution >= 4 is 0 Å². The average Bonchev–Trinajstić information content (AvgIpc) is 2.66. The number of rotatable bonds is 8. The molecule has 1 N–H and O–H groups in total. The minimum Gasteiger partial charge on any atom is -0.375 e. The van der Waals surface area contributed by atoms with Gasteiger partial charge in [-0.15, -0.1) is 0 Å². The van der Waals surface area contributed by atoms with Crippen LogP contribution in [0, 0.1) is 5.92 Å². The molecular weight excluding hydrogens is 322 g/mol. The zero-order chi connectivity index (χ0) is 18.2. The van der Waals surface area contributed by atoms with Crippen LogP contribution in [0.1, 0.15) is 71.6 Å².